The molecule has 1 aromatic carbocycles. The number of carbonyl (C=O) groups excluding carboxylic acids is 2. The fourth-order valence-corrected chi connectivity index (χ4v) is 2.69. The Bertz CT molecular complexity index is 721. The molecule has 1 aromatic rings. The molecule has 0 aliphatic heterocycles. The molecule has 1 aliphatic rings. The Balaban J connectivity index is 2.29. The van der Waals surface area contributed by atoms with Crippen LogP contribution in [0.15, 0.2) is 58.1 Å². The van der Waals surface area contributed by atoms with Gasteiger partial charge in [0, 0.05) is 6.61 Å². The summed E-state index contributed by atoms with van der Waals surface area (Å²) in [7, 11) is 0. The summed E-state index contributed by atoms with van der Waals surface area (Å²) in [5.41, 5.74) is 0.459. The van der Waals surface area contributed by atoms with E-state index in [2.05, 4.69) is 9.98 Å². The van der Waals surface area contributed by atoms with E-state index in [1.54, 1.807) is 12.2 Å². The van der Waals surface area contributed by atoms with Gasteiger partial charge in [-0.3, -0.25) is 0 Å². The molecule has 0 saturated heterocycles. The smallest absolute Gasteiger partial charge is 0.237 e. The Kier molecular flexibility index (Phi) is 6.61. The van der Waals surface area contributed by atoms with Crippen LogP contribution in [0.2, 0.25) is 0 Å². The van der Waals surface area contributed by atoms with E-state index in [1.807, 2.05) is 44.2 Å². The maximum Gasteiger partial charge on any atom is 0.237 e. The zero-order valence-electron chi connectivity index (χ0n) is 14.3. The van der Waals surface area contributed by atoms with E-state index >= 15 is 0 Å². The number of ether oxygens (including phenoxy) is 2. The molecule has 0 N–H and O–H groups in total. The molecule has 2 rings (SSSR count). The summed E-state index contributed by atoms with van der Waals surface area (Å²) in [5.74, 6) is 0.807. The minimum Gasteiger partial charge on any atom is -0.494 e. The molecule has 25 heavy (non-hydrogen) atoms. The highest BCUT2D eigenvalue weighted by atomic mass is 16.5. The minimum absolute atomic E-state index is 0.390. The number of hydrogen-bond donors (Lipinski definition) is 0. The second kappa shape index (κ2) is 8.90. The van der Waals surface area contributed by atoms with Gasteiger partial charge in [-0.15, -0.1) is 0 Å². The fourth-order valence-electron chi connectivity index (χ4n) is 2.69. The standard InChI is InChI=1S/C19H20N2O4/c1-3-24-17-8-5-15(6-9-17)11-16-7-10-18(25-4-2)19(12-16,20-13-22)21-14-23/h5-10,12,18H,3-4,11H2,1-2H3. The normalized spacial score (nSPS) is 21.7. The number of aliphatic imine (C=N–C) groups is 2. The van der Waals surface area contributed by atoms with Crippen molar-refractivity contribution in [2.45, 2.75) is 32.0 Å². The molecule has 0 spiro atoms. The highest BCUT2D eigenvalue weighted by Gasteiger charge is 2.39. The molecule has 0 heterocycles. The molecule has 0 fully saturated rings. The number of hydrogen-bond acceptors (Lipinski definition) is 6. The summed E-state index contributed by atoms with van der Waals surface area (Å²) in [4.78, 5) is 29.2. The molecular weight excluding hydrogens is 320 g/mol. The summed E-state index contributed by atoms with van der Waals surface area (Å²) < 4.78 is 11.0. The van der Waals surface area contributed by atoms with Crippen molar-refractivity contribution < 1.29 is 19.1 Å². The molecule has 0 bridgehead atoms. The van der Waals surface area contributed by atoms with Crippen molar-refractivity contribution in [3.05, 3.63) is 53.6 Å². The summed E-state index contributed by atoms with van der Waals surface area (Å²) in [5, 5.41) is 0. The molecule has 1 aliphatic carbocycles. The maximum atomic E-state index is 10.9. The van der Waals surface area contributed by atoms with Crippen molar-refractivity contribution >= 4 is 12.2 Å². The SMILES string of the molecule is CCOc1ccc(CC2=CC(N=C=O)(N=C=O)C(OCC)C=C2)cc1. The zero-order chi connectivity index (χ0) is 18.1. The van der Waals surface area contributed by atoms with Crippen molar-refractivity contribution in [1.82, 2.24) is 0 Å². The monoisotopic (exact) mass is 340 g/mol. The molecular formula is C19H20N2O4. The van der Waals surface area contributed by atoms with Crippen LogP contribution in [0, 0.1) is 0 Å². The summed E-state index contributed by atoms with van der Waals surface area (Å²) >= 11 is 0. The summed E-state index contributed by atoms with van der Waals surface area (Å²) in [6, 6.07) is 7.72. The van der Waals surface area contributed by atoms with E-state index in [0.717, 1.165) is 16.9 Å². The molecule has 1 atom stereocenters. The van der Waals surface area contributed by atoms with Crippen molar-refractivity contribution in [3.63, 3.8) is 0 Å². The van der Waals surface area contributed by atoms with Crippen LogP contribution in [-0.2, 0) is 20.7 Å². The third kappa shape index (κ3) is 4.61. The zero-order valence-corrected chi connectivity index (χ0v) is 14.3. The lowest BCUT2D eigenvalue weighted by molar-refractivity contribution is 0.0569. The van der Waals surface area contributed by atoms with Gasteiger partial charge in [0.25, 0.3) is 0 Å². The van der Waals surface area contributed by atoms with Gasteiger partial charge >= 0.3 is 0 Å². The molecule has 1 unspecified atom stereocenters. The van der Waals surface area contributed by atoms with E-state index in [0.29, 0.717) is 19.6 Å². The third-order valence-corrected chi connectivity index (χ3v) is 3.74. The van der Waals surface area contributed by atoms with Crippen molar-refractivity contribution in [2.75, 3.05) is 13.2 Å². The van der Waals surface area contributed by atoms with Crippen LogP contribution in [0.4, 0.5) is 0 Å². The highest BCUT2D eigenvalue weighted by Crippen LogP contribution is 2.31. The number of rotatable bonds is 8. The number of isocyanates is 2. The Morgan fingerprint density at radius 3 is 2.32 bits per heavy atom. The lowest BCUT2D eigenvalue weighted by atomic mass is 9.91. The Morgan fingerprint density at radius 2 is 1.76 bits per heavy atom. The quantitative estimate of drug-likeness (QED) is 0.538. The second-order valence-corrected chi connectivity index (χ2v) is 5.40. The first-order chi connectivity index (χ1) is 12.2. The van der Waals surface area contributed by atoms with E-state index < -0.39 is 11.8 Å². The Hall–Kier alpha value is -2.78. The van der Waals surface area contributed by atoms with Crippen LogP contribution < -0.4 is 4.74 Å². The second-order valence-electron chi connectivity index (χ2n) is 5.40. The first-order valence-electron chi connectivity index (χ1n) is 8.08. The Morgan fingerprint density at radius 1 is 1.08 bits per heavy atom. The van der Waals surface area contributed by atoms with Crippen LogP contribution in [0.3, 0.4) is 0 Å². The molecule has 0 aromatic heterocycles. The average molecular weight is 340 g/mol. The van der Waals surface area contributed by atoms with Crippen LogP contribution in [-0.4, -0.2) is 37.1 Å². The van der Waals surface area contributed by atoms with Gasteiger partial charge in [0.05, 0.1) is 6.61 Å². The van der Waals surface area contributed by atoms with E-state index in [4.69, 9.17) is 9.47 Å². The average Bonchev–Trinajstić information content (AvgIpc) is 2.60. The van der Waals surface area contributed by atoms with Crippen molar-refractivity contribution in [1.29, 1.82) is 0 Å². The Labute approximate surface area is 146 Å². The van der Waals surface area contributed by atoms with E-state index in [9.17, 15) is 9.59 Å². The largest absolute Gasteiger partial charge is 0.494 e. The predicted octanol–water partition coefficient (Wildman–Crippen LogP) is 2.90. The summed E-state index contributed by atoms with van der Waals surface area (Å²) in [6.07, 6.45) is 8.19. The van der Waals surface area contributed by atoms with Crippen LogP contribution in [0.1, 0.15) is 19.4 Å². The van der Waals surface area contributed by atoms with Gasteiger partial charge in [-0.1, -0.05) is 24.3 Å². The maximum absolute atomic E-state index is 10.9. The lowest BCUT2D eigenvalue weighted by Gasteiger charge is -2.30. The first-order valence-corrected chi connectivity index (χ1v) is 8.08. The van der Waals surface area contributed by atoms with Gasteiger partial charge in [0.15, 0.2) is 0 Å². The van der Waals surface area contributed by atoms with Crippen LogP contribution in [0.5, 0.6) is 5.75 Å². The first kappa shape index (κ1) is 18.6. The van der Waals surface area contributed by atoms with Gasteiger partial charge in [-0.2, -0.15) is 9.98 Å². The van der Waals surface area contributed by atoms with E-state index in [-0.39, 0.29) is 0 Å². The summed E-state index contributed by atoms with van der Waals surface area (Å²) in [6.45, 7) is 4.75. The molecule has 0 amide bonds. The number of allylic oxidation sites excluding steroid dienone is 2. The van der Waals surface area contributed by atoms with Crippen molar-refractivity contribution in [3.8, 4) is 5.75 Å². The predicted molar refractivity (Wildman–Crippen MR) is 92.9 cm³/mol. The van der Waals surface area contributed by atoms with Gasteiger partial charge < -0.3 is 9.47 Å². The number of benzene rings is 1. The van der Waals surface area contributed by atoms with E-state index in [1.165, 1.54) is 12.2 Å². The van der Waals surface area contributed by atoms with Gasteiger partial charge in [0.1, 0.15) is 11.9 Å². The third-order valence-electron chi connectivity index (χ3n) is 3.74. The molecule has 0 saturated carbocycles. The fraction of sp³-hybridized carbons (Fsp3) is 0.368. The van der Waals surface area contributed by atoms with Crippen molar-refractivity contribution in [2.24, 2.45) is 9.98 Å². The van der Waals surface area contributed by atoms with Crippen LogP contribution in [0.25, 0.3) is 0 Å². The molecule has 6 heteroatoms. The minimum atomic E-state index is -1.45. The van der Waals surface area contributed by atoms with Gasteiger partial charge in [0.2, 0.25) is 17.8 Å². The number of nitrogens with zero attached hydrogens (tertiary/aromatic N) is 2. The lowest BCUT2D eigenvalue weighted by Crippen LogP contribution is -2.39. The molecule has 130 valence electrons. The molecule has 6 nitrogen and oxygen atoms in total. The topological polar surface area (TPSA) is 77.3 Å². The van der Waals surface area contributed by atoms with Crippen LogP contribution >= 0.6 is 0 Å². The van der Waals surface area contributed by atoms with Gasteiger partial charge in [-0.05, 0) is 49.6 Å². The molecule has 0 radical (unpaired) electrons. The highest BCUT2D eigenvalue weighted by molar-refractivity contribution is 5.47. The van der Waals surface area contributed by atoms with Gasteiger partial charge in [-0.25, -0.2) is 9.59 Å².